The van der Waals surface area contributed by atoms with E-state index in [1.54, 1.807) is 8.61 Å². The standard InChI is InChI=1S/C13H27N3O2S/c1-2-12-4-3-7-16(11-12)19(17,18)15-8-5-13(10-14)6-9-15/h12-13H,2-11,14H2,1H3. The third-order valence-electron chi connectivity index (χ3n) is 4.62. The van der Waals surface area contributed by atoms with E-state index in [1.807, 2.05) is 0 Å². The van der Waals surface area contributed by atoms with Gasteiger partial charge in [0.15, 0.2) is 0 Å². The summed E-state index contributed by atoms with van der Waals surface area (Å²) < 4.78 is 28.6. The second-order valence-electron chi connectivity index (χ2n) is 5.86. The molecule has 2 aliphatic heterocycles. The number of hydrogen-bond donors (Lipinski definition) is 1. The molecule has 0 bridgehead atoms. The smallest absolute Gasteiger partial charge is 0.281 e. The van der Waals surface area contributed by atoms with Crippen molar-refractivity contribution in [1.82, 2.24) is 8.61 Å². The number of nitrogens with zero attached hydrogens (tertiary/aromatic N) is 2. The maximum Gasteiger partial charge on any atom is 0.281 e. The molecule has 0 saturated carbocycles. The van der Waals surface area contributed by atoms with Crippen LogP contribution < -0.4 is 5.73 Å². The van der Waals surface area contributed by atoms with E-state index in [1.165, 1.54) is 0 Å². The van der Waals surface area contributed by atoms with Gasteiger partial charge in [-0.1, -0.05) is 13.3 Å². The molecule has 0 aromatic carbocycles. The molecule has 2 heterocycles. The first-order valence-electron chi connectivity index (χ1n) is 7.53. The molecule has 0 radical (unpaired) electrons. The Bertz CT molecular complexity index is 377. The van der Waals surface area contributed by atoms with E-state index in [9.17, 15) is 8.42 Å². The van der Waals surface area contributed by atoms with E-state index >= 15 is 0 Å². The lowest BCUT2D eigenvalue weighted by atomic mass is 9.97. The molecule has 0 aromatic rings. The van der Waals surface area contributed by atoms with E-state index in [0.29, 0.717) is 44.6 Å². The Balaban J connectivity index is 1.98. The van der Waals surface area contributed by atoms with Gasteiger partial charge in [-0.3, -0.25) is 0 Å². The Kier molecular flexibility index (Phi) is 5.22. The monoisotopic (exact) mass is 289 g/mol. The van der Waals surface area contributed by atoms with Crippen LogP contribution in [0.5, 0.6) is 0 Å². The highest BCUT2D eigenvalue weighted by Gasteiger charge is 2.34. The van der Waals surface area contributed by atoms with Crippen molar-refractivity contribution >= 4 is 10.2 Å². The van der Waals surface area contributed by atoms with Crippen LogP contribution in [0.4, 0.5) is 0 Å². The van der Waals surface area contributed by atoms with Crippen molar-refractivity contribution < 1.29 is 8.42 Å². The first-order valence-corrected chi connectivity index (χ1v) is 8.93. The SMILES string of the molecule is CCC1CCCN(S(=O)(=O)N2CCC(CN)CC2)C1. The zero-order chi connectivity index (χ0) is 13.9. The molecule has 2 N–H and O–H groups in total. The summed E-state index contributed by atoms with van der Waals surface area (Å²) in [7, 11) is -3.23. The van der Waals surface area contributed by atoms with Gasteiger partial charge in [-0.2, -0.15) is 17.0 Å². The van der Waals surface area contributed by atoms with Crippen LogP contribution in [-0.4, -0.2) is 49.8 Å². The van der Waals surface area contributed by atoms with Gasteiger partial charge in [0.1, 0.15) is 0 Å². The number of piperidine rings is 2. The molecule has 0 spiro atoms. The van der Waals surface area contributed by atoms with Crippen molar-refractivity contribution in [3.63, 3.8) is 0 Å². The molecule has 6 heteroatoms. The maximum atomic E-state index is 12.6. The first-order chi connectivity index (χ1) is 9.07. The van der Waals surface area contributed by atoms with Gasteiger partial charge in [0.2, 0.25) is 0 Å². The Labute approximate surface area is 117 Å². The molecule has 5 nitrogen and oxygen atoms in total. The molecule has 1 atom stereocenters. The molecule has 19 heavy (non-hydrogen) atoms. The van der Waals surface area contributed by atoms with Crippen molar-refractivity contribution in [1.29, 1.82) is 0 Å². The summed E-state index contributed by atoms with van der Waals surface area (Å²) in [6.07, 6.45) is 5.04. The second kappa shape index (κ2) is 6.52. The minimum absolute atomic E-state index is 0.496. The molecule has 0 aromatic heterocycles. The van der Waals surface area contributed by atoms with Gasteiger partial charge < -0.3 is 5.73 Å². The molecular formula is C13H27N3O2S. The van der Waals surface area contributed by atoms with Crippen LogP contribution in [0, 0.1) is 11.8 Å². The summed E-state index contributed by atoms with van der Waals surface area (Å²) in [5, 5.41) is 0. The summed E-state index contributed by atoms with van der Waals surface area (Å²) in [5.41, 5.74) is 5.66. The Morgan fingerprint density at radius 1 is 1.05 bits per heavy atom. The lowest BCUT2D eigenvalue weighted by Crippen LogP contribution is -2.50. The summed E-state index contributed by atoms with van der Waals surface area (Å²) in [6, 6.07) is 0. The van der Waals surface area contributed by atoms with Gasteiger partial charge in [-0.15, -0.1) is 0 Å². The molecule has 112 valence electrons. The van der Waals surface area contributed by atoms with Crippen molar-refractivity contribution in [2.45, 2.75) is 39.0 Å². The fourth-order valence-corrected chi connectivity index (χ4v) is 4.87. The van der Waals surface area contributed by atoms with Crippen molar-refractivity contribution in [3.8, 4) is 0 Å². The summed E-state index contributed by atoms with van der Waals surface area (Å²) in [4.78, 5) is 0. The van der Waals surface area contributed by atoms with Gasteiger partial charge in [0, 0.05) is 26.2 Å². The number of rotatable bonds is 4. The van der Waals surface area contributed by atoms with E-state index < -0.39 is 10.2 Å². The Morgan fingerprint density at radius 3 is 2.32 bits per heavy atom. The molecule has 2 fully saturated rings. The minimum atomic E-state index is -3.23. The van der Waals surface area contributed by atoms with E-state index in [4.69, 9.17) is 5.73 Å². The molecule has 0 amide bonds. The number of hydrogen-bond acceptors (Lipinski definition) is 3. The average Bonchev–Trinajstić information content (AvgIpc) is 2.47. The van der Waals surface area contributed by atoms with Crippen molar-refractivity contribution in [3.05, 3.63) is 0 Å². The fraction of sp³-hybridized carbons (Fsp3) is 1.00. The van der Waals surface area contributed by atoms with Crippen molar-refractivity contribution in [2.24, 2.45) is 17.6 Å². The van der Waals surface area contributed by atoms with Crippen LogP contribution >= 0.6 is 0 Å². The first kappa shape index (κ1) is 15.2. The summed E-state index contributed by atoms with van der Waals surface area (Å²) >= 11 is 0. The molecule has 1 unspecified atom stereocenters. The van der Waals surface area contributed by atoms with Crippen LogP contribution in [0.3, 0.4) is 0 Å². The molecule has 2 saturated heterocycles. The predicted molar refractivity (Wildman–Crippen MR) is 76.9 cm³/mol. The minimum Gasteiger partial charge on any atom is -0.330 e. The summed E-state index contributed by atoms with van der Waals surface area (Å²) in [6.45, 7) is 5.49. The molecule has 0 aliphatic carbocycles. The lowest BCUT2D eigenvalue weighted by molar-refractivity contribution is 0.221. The Hall–Kier alpha value is -0.170. The van der Waals surface area contributed by atoms with E-state index in [2.05, 4.69) is 6.92 Å². The normalized spacial score (nSPS) is 28.6. The largest absolute Gasteiger partial charge is 0.330 e. The predicted octanol–water partition coefficient (Wildman–Crippen LogP) is 1.02. The molecule has 2 rings (SSSR count). The third kappa shape index (κ3) is 3.48. The van der Waals surface area contributed by atoms with Crippen molar-refractivity contribution in [2.75, 3.05) is 32.7 Å². The quantitative estimate of drug-likeness (QED) is 0.840. The van der Waals surface area contributed by atoms with E-state index in [-0.39, 0.29) is 0 Å². The van der Waals surface area contributed by atoms with Gasteiger partial charge in [0.05, 0.1) is 0 Å². The van der Waals surface area contributed by atoms with E-state index in [0.717, 1.165) is 32.1 Å². The number of nitrogens with two attached hydrogens (primary N) is 1. The molecular weight excluding hydrogens is 262 g/mol. The summed E-state index contributed by atoms with van der Waals surface area (Å²) in [5.74, 6) is 1.03. The van der Waals surface area contributed by atoms with Crippen LogP contribution in [-0.2, 0) is 10.2 Å². The molecule has 2 aliphatic rings. The fourth-order valence-electron chi connectivity index (χ4n) is 3.11. The van der Waals surface area contributed by atoms with Crippen LogP contribution in [0.25, 0.3) is 0 Å². The highest BCUT2D eigenvalue weighted by atomic mass is 32.2. The zero-order valence-corrected chi connectivity index (χ0v) is 12.7. The van der Waals surface area contributed by atoms with Crippen LogP contribution in [0.15, 0.2) is 0 Å². The zero-order valence-electron chi connectivity index (χ0n) is 11.9. The third-order valence-corrected chi connectivity index (χ3v) is 6.62. The van der Waals surface area contributed by atoms with Gasteiger partial charge in [-0.05, 0) is 44.1 Å². The topological polar surface area (TPSA) is 66.6 Å². The highest BCUT2D eigenvalue weighted by Crippen LogP contribution is 2.25. The second-order valence-corrected chi connectivity index (χ2v) is 7.79. The van der Waals surface area contributed by atoms with Crippen LogP contribution in [0.1, 0.15) is 39.0 Å². The van der Waals surface area contributed by atoms with Gasteiger partial charge in [-0.25, -0.2) is 0 Å². The lowest BCUT2D eigenvalue weighted by Gasteiger charge is -2.37. The van der Waals surface area contributed by atoms with Gasteiger partial charge >= 0.3 is 0 Å². The highest BCUT2D eigenvalue weighted by molar-refractivity contribution is 7.86. The van der Waals surface area contributed by atoms with Crippen LogP contribution in [0.2, 0.25) is 0 Å². The van der Waals surface area contributed by atoms with Gasteiger partial charge in [0.25, 0.3) is 10.2 Å². The average molecular weight is 289 g/mol. The maximum absolute atomic E-state index is 12.6. The Morgan fingerprint density at radius 2 is 1.74 bits per heavy atom.